The van der Waals surface area contributed by atoms with Gasteiger partial charge in [-0.3, -0.25) is 0 Å². The van der Waals surface area contributed by atoms with Gasteiger partial charge in [0.2, 0.25) is 0 Å². The van der Waals surface area contributed by atoms with Gasteiger partial charge in [-0.1, -0.05) is 13.8 Å². The number of alkyl halides is 3. The minimum absolute atomic E-state index is 0.231. The van der Waals surface area contributed by atoms with E-state index in [9.17, 15) is 13.2 Å². The molecule has 1 aliphatic carbocycles. The number of rotatable bonds is 6. The van der Waals surface area contributed by atoms with Crippen molar-refractivity contribution in [2.45, 2.75) is 38.4 Å². The molecule has 1 rings (SSSR count). The third kappa shape index (κ3) is 3.08. The van der Waals surface area contributed by atoms with E-state index in [0.717, 1.165) is 13.1 Å². The van der Waals surface area contributed by atoms with E-state index in [4.69, 9.17) is 0 Å². The number of likely N-dealkylation sites (N-methyl/N-ethyl adjacent to an activating group) is 1. The molecule has 1 fully saturated rings. The van der Waals surface area contributed by atoms with Crippen LogP contribution in [0.3, 0.4) is 0 Å². The molecule has 1 aliphatic rings. The van der Waals surface area contributed by atoms with Gasteiger partial charge >= 0.3 is 6.18 Å². The van der Waals surface area contributed by atoms with Crippen LogP contribution in [0.15, 0.2) is 0 Å². The van der Waals surface area contributed by atoms with E-state index in [2.05, 4.69) is 10.2 Å². The topological polar surface area (TPSA) is 15.3 Å². The summed E-state index contributed by atoms with van der Waals surface area (Å²) in [6.07, 6.45) is -3.63. The Hall–Kier alpha value is -0.290. The van der Waals surface area contributed by atoms with Crippen LogP contribution >= 0.6 is 0 Å². The molecule has 90 valence electrons. The van der Waals surface area contributed by atoms with Crippen LogP contribution in [0.1, 0.15) is 26.7 Å². The Morgan fingerprint density at radius 2 is 1.73 bits per heavy atom. The van der Waals surface area contributed by atoms with Crippen molar-refractivity contribution in [3.8, 4) is 0 Å². The normalized spacial score (nSPS) is 19.6. The van der Waals surface area contributed by atoms with E-state index >= 15 is 0 Å². The Kier molecular flexibility index (Phi) is 4.00. The van der Waals surface area contributed by atoms with Crippen molar-refractivity contribution in [2.75, 3.05) is 26.2 Å². The molecular formula is C10H19F3N2. The second-order valence-corrected chi connectivity index (χ2v) is 4.03. The maximum atomic E-state index is 12.5. The first-order valence-corrected chi connectivity index (χ1v) is 5.49. The van der Waals surface area contributed by atoms with Gasteiger partial charge in [0.15, 0.2) is 0 Å². The molecule has 0 aliphatic heterocycles. The zero-order chi connectivity index (χ0) is 11.5. The Morgan fingerprint density at radius 3 is 2.07 bits per heavy atom. The molecule has 0 aromatic rings. The van der Waals surface area contributed by atoms with Crippen LogP contribution in [-0.2, 0) is 0 Å². The van der Waals surface area contributed by atoms with Gasteiger partial charge in [-0.2, -0.15) is 13.2 Å². The molecule has 0 saturated heterocycles. The van der Waals surface area contributed by atoms with E-state index in [1.54, 1.807) is 0 Å². The predicted octanol–water partition coefficient (Wildman–Crippen LogP) is 2.01. The quantitative estimate of drug-likeness (QED) is 0.742. The van der Waals surface area contributed by atoms with E-state index in [1.165, 1.54) is 0 Å². The Balaban J connectivity index is 2.26. The second kappa shape index (κ2) is 4.70. The highest BCUT2D eigenvalue weighted by atomic mass is 19.4. The number of hydrogen-bond acceptors (Lipinski definition) is 2. The molecule has 0 atom stereocenters. The molecule has 0 aromatic carbocycles. The summed E-state index contributed by atoms with van der Waals surface area (Å²) in [6.45, 7) is 6.90. The number of hydrogen-bond donors (Lipinski definition) is 1. The first kappa shape index (κ1) is 12.8. The molecule has 0 unspecified atom stereocenters. The molecule has 0 amide bonds. The predicted molar refractivity (Wildman–Crippen MR) is 53.8 cm³/mol. The highest BCUT2D eigenvalue weighted by Crippen LogP contribution is 2.48. The molecule has 0 bridgehead atoms. The molecule has 5 heteroatoms. The van der Waals surface area contributed by atoms with E-state index in [0.29, 0.717) is 13.1 Å². The van der Waals surface area contributed by atoms with Crippen molar-refractivity contribution in [1.82, 2.24) is 10.2 Å². The second-order valence-electron chi connectivity index (χ2n) is 4.03. The van der Waals surface area contributed by atoms with Crippen LogP contribution in [0.4, 0.5) is 13.2 Å². The molecule has 1 N–H and O–H groups in total. The summed E-state index contributed by atoms with van der Waals surface area (Å²) in [4.78, 5) is 2.11. The summed E-state index contributed by atoms with van der Waals surface area (Å²) in [6, 6.07) is 0. The van der Waals surface area contributed by atoms with Crippen molar-refractivity contribution in [1.29, 1.82) is 0 Å². The van der Waals surface area contributed by atoms with Crippen LogP contribution in [-0.4, -0.2) is 42.8 Å². The standard InChI is InChI=1S/C10H19F3N2/c1-3-15(4-2)8-7-14-9(5-6-9)10(11,12)13/h14H,3-8H2,1-2H3. The molecule has 0 spiro atoms. The maximum Gasteiger partial charge on any atom is 0.406 e. The minimum Gasteiger partial charge on any atom is -0.303 e. The Morgan fingerprint density at radius 1 is 1.20 bits per heavy atom. The zero-order valence-electron chi connectivity index (χ0n) is 9.32. The smallest absolute Gasteiger partial charge is 0.303 e. The van der Waals surface area contributed by atoms with Gasteiger partial charge in [0, 0.05) is 13.1 Å². The lowest BCUT2D eigenvalue weighted by Crippen LogP contribution is -2.47. The molecule has 15 heavy (non-hydrogen) atoms. The Labute approximate surface area is 88.8 Å². The molecule has 1 saturated carbocycles. The fourth-order valence-electron chi connectivity index (χ4n) is 1.68. The summed E-state index contributed by atoms with van der Waals surface area (Å²) < 4.78 is 37.5. The lowest BCUT2D eigenvalue weighted by atomic mass is 10.2. The van der Waals surface area contributed by atoms with Gasteiger partial charge in [-0.15, -0.1) is 0 Å². The number of halogens is 3. The molecule has 2 nitrogen and oxygen atoms in total. The van der Waals surface area contributed by atoms with Gasteiger partial charge in [-0.05, 0) is 25.9 Å². The SMILES string of the molecule is CCN(CC)CCNC1(C(F)(F)F)CC1. The van der Waals surface area contributed by atoms with Crippen molar-refractivity contribution in [3.05, 3.63) is 0 Å². The van der Waals surface area contributed by atoms with Gasteiger partial charge < -0.3 is 10.2 Å². The van der Waals surface area contributed by atoms with Gasteiger partial charge in [0.05, 0.1) is 0 Å². The zero-order valence-corrected chi connectivity index (χ0v) is 9.32. The third-order valence-electron chi connectivity index (χ3n) is 3.08. The Bertz CT molecular complexity index is 195. The maximum absolute atomic E-state index is 12.5. The summed E-state index contributed by atoms with van der Waals surface area (Å²) in [5, 5.41) is 2.64. The van der Waals surface area contributed by atoms with Crippen LogP contribution < -0.4 is 5.32 Å². The van der Waals surface area contributed by atoms with Crippen LogP contribution in [0.2, 0.25) is 0 Å². The number of nitrogens with zero attached hydrogens (tertiary/aromatic N) is 1. The fourth-order valence-corrected chi connectivity index (χ4v) is 1.68. The largest absolute Gasteiger partial charge is 0.406 e. The average molecular weight is 224 g/mol. The highest BCUT2D eigenvalue weighted by molar-refractivity contribution is 5.07. The summed E-state index contributed by atoms with van der Waals surface area (Å²) in [5.74, 6) is 0. The van der Waals surface area contributed by atoms with Crippen LogP contribution in [0, 0.1) is 0 Å². The number of nitrogens with one attached hydrogen (secondary N) is 1. The van der Waals surface area contributed by atoms with E-state index < -0.39 is 11.7 Å². The van der Waals surface area contributed by atoms with Crippen LogP contribution in [0.25, 0.3) is 0 Å². The van der Waals surface area contributed by atoms with Gasteiger partial charge in [0.1, 0.15) is 5.54 Å². The lowest BCUT2D eigenvalue weighted by molar-refractivity contribution is -0.165. The van der Waals surface area contributed by atoms with Gasteiger partial charge in [0.25, 0.3) is 0 Å². The first-order valence-electron chi connectivity index (χ1n) is 5.49. The summed E-state index contributed by atoms with van der Waals surface area (Å²) in [5.41, 5.74) is -1.56. The third-order valence-corrected chi connectivity index (χ3v) is 3.08. The van der Waals surface area contributed by atoms with Crippen LogP contribution in [0.5, 0.6) is 0 Å². The highest BCUT2D eigenvalue weighted by Gasteiger charge is 2.62. The monoisotopic (exact) mass is 224 g/mol. The van der Waals surface area contributed by atoms with E-state index in [1.807, 2.05) is 13.8 Å². The summed E-state index contributed by atoms with van der Waals surface area (Å²) in [7, 11) is 0. The minimum atomic E-state index is -4.09. The van der Waals surface area contributed by atoms with Gasteiger partial charge in [-0.25, -0.2) is 0 Å². The van der Waals surface area contributed by atoms with Crippen molar-refractivity contribution < 1.29 is 13.2 Å². The van der Waals surface area contributed by atoms with E-state index in [-0.39, 0.29) is 12.8 Å². The van der Waals surface area contributed by atoms with Crippen molar-refractivity contribution in [3.63, 3.8) is 0 Å². The summed E-state index contributed by atoms with van der Waals surface area (Å²) >= 11 is 0. The van der Waals surface area contributed by atoms with Crippen molar-refractivity contribution >= 4 is 0 Å². The lowest BCUT2D eigenvalue weighted by Gasteiger charge is -2.23. The molecule has 0 aromatic heterocycles. The molecule has 0 radical (unpaired) electrons. The molecular weight excluding hydrogens is 205 g/mol. The van der Waals surface area contributed by atoms with Crippen molar-refractivity contribution in [2.24, 2.45) is 0 Å². The average Bonchev–Trinajstić information content (AvgIpc) is 2.92. The molecule has 0 heterocycles. The fraction of sp³-hybridized carbons (Fsp3) is 1.00. The first-order chi connectivity index (χ1) is 6.95.